The van der Waals surface area contributed by atoms with Gasteiger partial charge in [-0.2, -0.15) is 0 Å². The van der Waals surface area contributed by atoms with Crippen LogP contribution in [-0.4, -0.2) is 107 Å². The van der Waals surface area contributed by atoms with Gasteiger partial charge in [0.05, 0.1) is 45.8 Å². The molecule has 238 valence electrons. The van der Waals surface area contributed by atoms with E-state index in [1.165, 1.54) is 14.2 Å². The number of ether oxygens (including phenoxy) is 6. The molecule has 0 aromatic heterocycles. The van der Waals surface area contributed by atoms with Gasteiger partial charge in [-0.05, 0) is 41.0 Å². The molecule has 2 fully saturated rings. The summed E-state index contributed by atoms with van der Waals surface area (Å²) in [7, 11) is 2.76. The molecule has 15 nitrogen and oxygen atoms in total. The molecular formula is C29H33NO14. The van der Waals surface area contributed by atoms with Crippen LogP contribution in [0.2, 0.25) is 0 Å². The van der Waals surface area contributed by atoms with E-state index in [-0.39, 0.29) is 30.6 Å². The zero-order valence-corrected chi connectivity index (χ0v) is 23.7. The van der Waals surface area contributed by atoms with E-state index in [1.807, 2.05) is 0 Å². The van der Waals surface area contributed by atoms with Gasteiger partial charge in [-0.3, -0.25) is 9.59 Å². The second-order valence-electron chi connectivity index (χ2n) is 11.2. The predicted octanol–water partition coefficient (Wildman–Crippen LogP) is -1.22. The maximum Gasteiger partial charge on any atom is 0.310 e. The summed E-state index contributed by atoms with van der Waals surface area (Å²) in [5, 5.41) is 64.6. The van der Waals surface area contributed by atoms with Crippen molar-refractivity contribution in [1.29, 1.82) is 0 Å². The lowest BCUT2D eigenvalue weighted by molar-refractivity contribution is -0.348. The van der Waals surface area contributed by atoms with Crippen LogP contribution in [-0.2, 0) is 19.1 Å². The van der Waals surface area contributed by atoms with E-state index in [2.05, 4.69) is 5.32 Å². The van der Waals surface area contributed by atoms with Gasteiger partial charge in [-0.25, -0.2) is 0 Å². The Labute approximate surface area is 250 Å². The number of esters is 1. The van der Waals surface area contributed by atoms with Gasteiger partial charge in [0.2, 0.25) is 24.2 Å². The average Bonchev–Trinajstić information content (AvgIpc) is 3.63. The van der Waals surface area contributed by atoms with Crippen molar-refractivity contribution in [1.82, 2.24) is 5.32 Å². The third kappa shape index (κ3) is 4.76. The zero-order valence-electron chi connectivity index (χ0n) is 23.7. The molecule has 0 unspecified atom stereocenters. The molecule has 3 aliphatic heterocycles. The molecule has 3 heterocycles. The molecule has 1 amide bonds. The van der Waals surface area contributed by atoms with E-state index in [0.29, 0.717) is 28.2 Å². The Morgan fingerprint density at radius 2 is 1.64 bits per heavy atom. The van der Waals surface area contributed by atoms with Crippen molar-refractivity contribution in [3.05, 3.63) is 41.0 Å². The molecule has 6 rings (SSSR count). The van der Waals surface area contributed by atoms with E-state index >= 15 is 0 Å². The Morgan fingerprint density at radius 3 is 2.25 bits per heavy atom. The minimum absolute atomic E-state index is 0.0435. The topological polar surface area (TPSA) is 223 Å². The molecule has 7 N–H and O–H groups in total. The summed E-state index contributed by atoms with van der Waals surface area (Å²) in [6, 6.07) is 5.71. The van der Waals surface area contributed by atoms with Crippen molar-refractivity contribution in [3.63, 3.8) is 0 Å². The van der Waals surface area contributed by atoms with Crippen molar-refractivity contribution < 1.29 is 68.6 Å². The number of phenolic OH excluding ortho intramolecular Hbond substituents is 1. The molecule has 0 bridgehead atoms. The highest BCUT2D eigenvalue weighted by molar-refractivity contribution is 5.81. The number of aliphatic hydroxyl groups excluding tert-OH is 4. The van der Waals surface area contributed by atoms with Gasteiger partial charge in [0, 0.05) is 11.8 Å². The van der Waals surface area contributed by atoms with Crippen LogP contribution in [0.3, 0.4) is 0 Å². The van der Waals surface area contributed by atoms with E-state index in [9.17, 15) is 40.2 Å². The van der Waals surface area contributed by atoms with Crippen LogP contribution in [0.1, 0.15) is 35.1 Å². The fraction of sp³-hybridized carbons (Fsp3) is 0.517. The number of amides is 1. The summed E-state index contributed by atoms with van der Waals surface area (Å²) in [5.74, 6) is -5.29. The first-order valence-electron chi connectivity index (χ1n) is 13.9. The van der Waals surface area contributed by atoms with Crippen LogP contribution in [0.4, 0.5) is 0 Å². The first-order chi connectivity index (χ1) is 21.0. The Morgan fingerprint density at radius 1 is 1.00 bits per heavy atom. The van der Waals surface area contributed by atoms with Crippen molar-refractivity contribution in [2.45, 2.75) is 48.6 Å². The van der Waals surface area contributed by atoms with Gasteiger partial charge in [-0.1, -0.05) is 0 Å². The number of methoxy groups -OCH3 is 2. The molecule has 1 aliphatic carbocycles. The number of aliphatic hydroxyl groups is 5. The SMILES string of the molecule is COc1cc([C@@H]2c3cc4c(cc3[C@@H](NC(=O)C[C@]3(O)O[C@H](CO)[C@H](O)[C@H](O)[C@H]3O)[C@H]3COC(=O)[C@H]23)OCO4)cc(OC)c1O. The summed E-state index contributed by atoms with van der Waals surface area (Å²) >= 11 is 0. The lowest BCUT2D eigenvalue weighted by Gasteiger charge is -2.45. The Bertz CT molecular complexity index is 1440. The number of aromatic hydroxyl groups is 1. The highest BCUT2D eigenvalue weighted by Crippen LogP contribution is 2.55. The molecule has 15 heteroatoms. The summed E-state index contributed by atoms with van der Waals surface area (Å²) in [6.45, 7) is -0.903. The van der Waals surface area contributed by atoms with Gasteiger partial charge in [-0.15, -0.1) is 0 Å². The third-order valence-corrected chi connectivity index (χ3v) is 8.83. The molecule has 9 atom stereocenters. The van der Waals surface area contributed by atoms with Crippen LogP contribution >= 0.6 is 0 Å². The predicted molar refractivity (Wildman–Crippen MR) is 144 cm³/mol. The van der Waals surface area contributed by atoms with Gasteiger partial charge < -0.3 is 64.4 Å². The fourth-order valence-corrected chi connectivity index (χ4v) is 6.66. The molecule has 0 saturated carbocycles. The van der Waals surface area contributed by atoms with Crippen LogP contribution in [0.25, 0.3) is 0 Å². The van der Waals surface area contributed by atoms with Crippen molar-refractivity contribution >= 4 is 11.9 Å². The normalized spacial score (nSPS) is 33.7. The molecule has 0 radical (unpaired) electrons. The minimum Gasteiger partial charge on any atom is -0.502 e. The van der Waals surface area contributed by atoms with Crippen molar-refractivity contribution in [2.24, 2.45) is 11.8 Å². The molecule has 0 spiro atoms. The van der Waals surface area contributed by atoms with E-state index in [0.717, 1.165) is 0 Å². The number of benzene rings is 2. The van der Waals surface area contributed by atoms with Gasteiger partial charge >= 0.3 is 5.97 Å². The standard InChI is InChI=1S/C29H33NO14/c1-39-17-3-11(4-18(40-2)24(17)33)21-12-5-15-16(43-10-42-15)6-13(12)23(14-9-41-28(37)22(14)21)30-20(32)7-29(38)27(36)26(35)25(34)19(8-31)44-29/h3-6,14,19,21-23,25-27,31,33-36,38H,7-10H2,1-2H3,(H,30,32)/t14-,19+,21+,22-,23+,25-,26-,27+,29-/m0/s1. The van der Waals surface area contributed by atoms with Crippen LogP contribution < -0.4 is 24.3 Å². The first kappa shape index (κ1) is 30.2. The van der Waals surface area contributed by atoms with Gasteiger partial charge in [0.1, 0.15) is 24.4 Å². The first-order valence-corrected chi connectivity index (χ1v) is 13.9. The number of fused-ring (bicyclic) bond motifs is 3. The molecular weight excluding hydrogens is 586 g/mol. The van der Waals surface area contributed by atoms with Crippen molar-refractivity contribution in [3.8, 4) is 28.7 Å². The van der Waals surface area contributed by atoms with E-state index in [1.54, 1.807) is 24.3 Å². The maximum absolute atomic E-state index is 13.5. The monoisotopic (exact) mass is 619 g/mol. The Kier molecular flexibility index (Phi) is 7.72. The highest BCUT2D eigenvalue weighted by atomic mass is 16.7. The largest absolute Gasteiger partial charge is 0.502 e. The smallest absolute Gasteiger partial charge is 0.310 e. The second-order valence-corrected chi connectivity index (χ2v) is 11.2. The Hall–Kier alpha value is -3.86. The van der Waals surface area contributed by atoms with Gasteiger partial charge in [0.15, 0.2) is 23.0 Å². The zero-order chi connectivity index (χ0) is 31.5. The number of hydrogen-bond acceptors (Lipinski definition) is 14. The fourth-order valence-electron chi connectivity index (χ4n) is 6.66. The number of cyclic esters (lactones) is 1. The summed E-state index contributed by atoms with van der Waals surface area (Å²) in [5.41, 5.74) is 1.70. The molecule has 4 aliphatic rings. The molecule has 2 aromatic carbocycles. The van der Waals surface area contributed by atoms with E-state index < -0.39 is 78.9 Å². The molecule has 2 saturated heterocycles. The van der Waals surface area contributed by atoms with E-state index in [4.69, 9.17) is 28.4 Å². The number of rotatable bonds is 7. The number of carbonyl (C=O) groups is 2. The summed E-state index contributed by atoms with van der Waals surface area (Å²) < 4.78 is 32.7. The molecule has 44 heavy (non-hydrogen) atoms. The third-order valence-electron chi connectivity index (χ3n) is 8.83. The lowest BCUT2D eigenvalue weighted by atomic mass is 9.65. The Balaban J connectivity index is 1.40. The lowest BCUT2D eigenvalue weighted by Crippen LogP contribution is -2.66. The van der Waals surface area contributed by atoms with Gasteiger partial charge in [0.25, 0.3) is 0 Å². The summed E-state index contributed by atoms with van der Waals surface area (Å²) in [4.78, 5) is 26.8. The van der Waals surface area contributed by atoms with Crippen molar-refractivity contribution in [2.75, 3.05) is 34.2 Å². The summed E-state index contributed by atoms with van der Waals surface area (Å²) in [6.07, 6.45) is -8.03. The number of nitrogens with one attached hydrogen (secondary N) is 1. The number of phenols is 1. The second kappa shape index (κ2) is 11.3. The number of carbonyl (C=O) groups excluding carboxylic acids is 2. The van der Waals surface area contributed by atoms with Crippen LogP contribution in [0, 0.1) is 11.8 Å². The molecule has 2 aromatic rings. The quantitative estimate of drug-likeness (QED) is 0.181. The number of hydrogen-bond donors (Lipinski definition) is 7. The average molecular weight is 620 g/mol. The highest BCUT2D eigenvalue weighted by Gasteiger charge is 2.56. The van der Waals surface area contributed by atoms with Crippen LogP contribution in [0.5, 0.6) is 28.7 Å². The maximum atomic E-state index is 13.5. The minimum atomic E-state index is -2.65. The van der Waals surface area contributed by atoms with Crippen LogP contribution in [0.15, 0.2) is 24.3 Å².